The molecule has 7 nitrogen and oxygen atoms in total. The van der Waals surface area contributed by atoms with E-state index in [1.165, 1.54) is 19.3 Å². The highest BCUT2D eigenvalue weighted by molar-refractivity contribution is 5.98. The Morgan fingerprint density at radius 3 is 2.68 bits per heavy atom. The minimum absolute atomic E-state index is 0.0251. The van der Waals surface area contributed by atoms with Crippen LogP contribution in [0.25, 0.3) is 10.9 Å². The molecule has 5 aliphatic rings. The summed E-state index contributed by atoms with van der Waals surface area (Å²) in [6.07, 6.45) is 10.8. The van der Waals surface area contributed by atoms with Crippen molar-refractivity contribution in [1.29, 1.82) is 0 Å². The standard InChI is InChI=1S/C24H25N5O2/c30-20-12-23(11-18-14-29(27-21(18)20)24-8-15(9-24)10-24)3-5-28(6-4-23)22(31)16-1-2-19-17(7-16)13-25-26-19/h1-2,7,13-15H,3-6,8-12H2,(H,25,26). The molecule has 0 radical (unpaired) electrons. The van der Waals surface area contributed by atoms with Gasteiger partial charge in [0.2, 0.25) is 0 Å². The zero-order chi connectivity index (χ0) is 20.8. The first kappa shape index (κ1) is 17.7. The maximum atomic E-state index is 13.1. The van der Waals surface area contributed by atoms with Crippen molar-refractivity contribution in [2.75, 3.05) is 13.1 Å². The second-order valence-corrected chi connectivity index (χ2v) is 10.4. The monoisotopic (exact) mass is 415 g/mol. The molecule has 3 heterocycles. The second kappa shape index (κ2) is 5.84. The predicted molar refractivity (Wildman–Crippen MR) is 114 cm³/mol. The highest BCUT2D eigenvalue weighted by Crippen LogP contribution is 2.62. The molecular formula is C24H25N5O2. The predicted octanol–water partition coefficient (Wildman–Crippen LogP) is 3.32. The maximum Gasteiger partial charge on any atom is 0.253 e. The summed E-state index contributed by atoms with van der Waals surface area (Å²) < 4.78 is 2.12. The van der Waals surface area contributed by atoms with Crippen molar-refractivity contribution in [2.24, 2.45) is 11.3 Å². The van der Waals surface area contributed by atoms with Crippen LogP contribution in [0.15, 0.2) is 30.6 Å². The van der Waals surface area contributed by atoms with Gasteiger partial charge in [0.15, 0.2) is 5.78 Å². The van der Waals surface area contributed by atoms with Gasteiger partial charge in [-0.25, -0.2) is 0 Å². The molecule has 1 aliphatic heterocycles. The lowest BCUT2D eigenvalue weighted by Crippen LogP contribution is -2.59. The van der Waals surface area contributed by atoms with Gasteiger partial charge in [0, 0.05) is 42.2 Å². The molecule has 158 valence electrons. The number of ketones is 1. The maximum absolute atomic E-state index is 13.1. The van der Waals surface area contributed by atoms with E-state index in [9.17, 15) is 9.59 Å². The molecule has 7 heteroatoms. The first-order chi connectivity index (χ1) is 15.0. The van der Waals surface area contributed by atoms with E-state index < -0.39 is 0 Å². The van der Waals surface area contributed by atoms with Crippen LogP contribution in [0, 0.1) is 11.3 Å². The smallest absolute Gasteiger partial charge is 0.253 e. The quantitative estimate of drug-likeness (QED) is 0.696. The van der Waals surface area contributed by atoms with Crippen LogP contribution in [0.5, 0.6) is 0 Å². The first-order valence-electron chi connectivity index (χ1n) is 11.4. The van der Waals surface area contributed by atoms with Crippen molar-refractivity contribution < 1.29 is 9.59 Å². The number of piperidine rings is 1. The van der Waals surface area contributed by atoms with Crippen molar-refractivity contribution >= 4 is 22.6 Å². The van der Waals surface area contributed by atoms with Gasteiger partial charge in [-0.3, -0.25) is 19.4 Å². The lowest BCUT2D eigenvalue weighted by Gasteiger charge is -2.61. The molecule has 4 fully saturated rings. The molecule has 3 saturated carbocycles. The molecule has 8 rings (SSSR count). The fraction of sp³-hybridized carbons (Fsp3) is 0.500. The molecule has 1 amide bonds. The van der Waals surface area contributed by atoms with Crippen LogP contribution < -0.4 is 0 Å². The van der Waals surface area contributed by atoms with Gasteiger partial charge in [-0.05, 0) is 68.1 Å². The molecule has 1 aromatic carbocycles. The number of aromatic amines is 1. The van der Waals surface area contributed by atoms with E-state index in [1.54, 1.807) is 6.20 Å². The Hall–Kier alpha value is -2.96. The number of H-pyrrole nitrogens is 1. The van der Waals surface area contributed by atoms with Crippen molar-refractivity contribution in [3.05, 3.63) is 47.4 Å². The van der Waals surface area contributed by atoms with Crippen molar-refractivity contribution in [1.82, 2.24) is 24.9 Å². The minimum Gasteiger partial charge on any atom is -0.339 e. The van der Waals surface area contributed by atoms with E-state index in [0.717, 1.165) is 41.6 Å². The van der Waals surface area contributed by atoms with Crippen LogP contribution in [-0.2, 0) is 12.0 Å². The Kier molecular flexibility index (Phi) is 3.33. The zero-order valence-electron chi connectivity index (χ0n) is 17.4. The lowest BCUT2D eigenvalue weighted by atomic mass is 9.50. The summed E-state index contributed by atoms with van der Waals surface area (Å²) in [5.74, 6) is 1.15. The topological polar surface area (TPSA) is 83.9 Å². The Morgan fingerprint density at radius 2 is 1.94 bits per heavy atom. The summed E-state index contributed by atoms with van der Waals surface area (Å²) >= 11 is 0. The molecule has 0 atom stereocenters. The van der Waals surface area contributed by atoms with Gasteiger partial charge in [0.1, 0.15) is 5.69 Å². The van der Waals surface area contributed by atoms with E-state index in [-0.39, 0.29) is 22.6 Å². The SMILES string of the molecule is O=C1CC2(CCN(C(=O)c3ccc4[nH]ncc4c3)CC2)Cc2cn(C34CC(C3)C4)nc21. The number of benzene rings is 1. The zero-order valence-corrected chi connectivity index (χ0v) is 17.4. The molecule has 1 N–H and O–H groups in total. The van der Waals surface area contributed by atoms with Crippen molar-refractivity contribution in [2.45, 2.75) is 50.5 Å². The lowest BCUT2D eigenvalue weighted by molar-refractivity contribution is -0.0979. The van der Waals surface area contributed by atoms with Crippen LogP contribution in [0.1, 0.15) is 64.9 Å². The fourth-order valence-corrected chi connectivity index (χ4v) is 6.42. The van der Waals surface area contributed by atoms with Crippen LogP contribution in [0.3, 0.4) is 0 Å². The van der Waals surface area contributed by atoms with Crippen molar-refractivity contribution in [3.8, 4) is 0 Å². The summed E-state index contributed by atoms with van der Waals surface area (Å²) in [4.78, 5) is 28.0. The van der Waals surface area contributed by atoms with Crippen LogP contribution in [0.4, 0.5) is 0 Å². The number of nitrogens with zero attached hydrogens (tertiary/aromatic N) is 4. The summed E-state index contributed by atoms with van der Waals surface area (Å²) in [6.45, 7) is 1.40. The van der Waals surface area contributed by atoms with Gasteiger partial charge >= 0.3 is 0 Å². The van der Waals surface area contributed by atoms with E-state index in [2.05, 4.69) is 21.1 Å². The van der Waals surface area contributed by atoms with E-state index in [4.69, 9.17) is 5.10 Å². The van der Waals surface area contributed by atoms with Gasteiger partial charge in [0.25, 0.3) is 5.91 Å². The van der Waals surface area contributed by atoms with E-state index in [1.807, 2.05) is 23.1 Å². The Bertz CT molecular complexity index is 1230. The van der Waals surface area contributed by atoms with Gasteiger partial charge in [-0.15, -0.1) is 0 Å². The highest BCUT2D eigenvalue weighted by Gasteiger charge is 2.59. The largest absolute Gasteiger partial charge is 0.339 e. The summed E-state index contributed by atoms with van der Waals surface area (Å²) in [6, 6.07) is 5.68. The van der Waals surface area contributed by atoms with E-state index in [0.29, 0.717) is 30.8 Å². The third kappa shape index (κ3) is 2.46. The summed E-state index contributed by atoms with van der Waals surface area (Å²) in [5, 5.41) is 12.6. The number of amides is 1. The Labute approximate surface area is 179 Å². The number of rotatable bonds is 2. The van der Waals surface area contributed by atoms with Gasteiger partial charge in [-0.2, -0.15) is 10.2 Å². The first-order valence-corrected chi connectivity index (χ1v) is 11.4. The third-order valence-electron chi connectivity index (χ3n) is 8.45. The third-order valence-corrected chi connectivity index (χ3v) is 8.45. The molecule has 4 aliphatic carbocycles. The number of fused-ring (bicyclic) bond motifs is 2. The van der Waals surface area contributed by atoms with Crippen LogP contribution in [-0.4, -0.2) is 49.7 Å². The molecule has 0 unspecified atom stereocenters. The fourth-order valence-electron chi connectivity index (χ4n) is 6.42. The van der Waals surface area contributed by atoms with Crippen molar-refractivity contribution in [3.63, 3.8) is 0 Å². The number of hydrogen-bond acceptors (Lipinski definition) is 4. The second-order valence-electron chi connectivity index (χ2n) is 10.4. The Morgan fingerprint density at radius 1 is 1.13 bits per heavy atom. The molecule has 2 aromatic heterocycles. The number of hydrogen-bond donors (Lipinski definition) is 1. The number of nitrogens with one attached hydrogen (secondary N) is 1. The molecule has 31 heavy (non-hydrogen) atoms. The number of carbonyl (C=O) groups is 2. The van der Waals surface area contributed by atoms with Crippen LogP contribution >= 0.6 is 0 Å². The Balaban J connectivity index is 1.09. The molecule has 3 aromatic rings. The average Bonchev–Trinajstić information content (AvgIpc) is 3.32. The number of carbonyl (C=O) groups excluding carboxylic acids is 2. The average molecular weight is 415 g/mol. The molecule has 2 bridgehead atoms. The highest BCUT2D eigenvalue weighted by atomic mass is 16.2. The molecule has 1 saturated heterocycles. The summed E-state index contributed by atoms with van der Waals surface area (Å²) in [5.41, 5.74) is 3.68. The van der Waals surface area contributed by atoms with Gasteiger partial charge < -0.3 is 4.90 Å². The van der Waals surface area contributed by atoms with Gasteiger partial charge in [-0.1, -0.05) is 0 Å². The number of Topliss-reactive ketones (excluding diaryl/α,β-unsaturated/α-hetero) is 1. The summed E-state index contributed by atoms with van der Waals surface area (Å²) in [7, 11) is 0. The van der Waals surface area contributed by atoms with Gasteiger partial charge in [0.05, 0.1) is 17.3 Å². The van der Waals surface area contributed by atoms with Crippen LogP contribution in [0.2, 0.25) is 0 Å². The minimum atomic E-state index is -0.0251. The normalized spacial score (nSPS) is 28.3. The molecule has 1 spiro atoms. The van der Waals surface area contributed by atoms with E-state index >= 15 is 0 Å². The number of likely N-dealkylation sites (tertiary alicyclic amines) is 1. The number of aromatic nitrogens is 4. The molecular weight excluding hydrogens is 390 g/mol.